The van der Waals surface area contributed by atoms with Crippen LogP contribution in [-0.2, 0) is 14.3 Å². The quantitative estimate of drug-likeness (QED) is 0.0322. The molecule has 0 aliphatic rings. The van der Waals surface area contributed by atoms with Gasteiger partial charge < -0.3 is 20.3 Å². The first kappa shape index (κ1) is 57.6. The van der Waals surface area contributed by atoms with E-state index >= 15 is 0 Å². The van der Waals surface area contributed by atoms with E-state index in [1.165, 1.54) is 212 Å². The highest BCUT2D eigenvalue weighted by molar-refractivity contribution is 5.76. The Hall–Kier alpha value is -1.40. The molecule has 0 radical (unpaired) electrons. The Balaban J connectivity index is 3.36. The van der Waals surface area contributed by atoms with Crippen molar-refractivity contribution in [3.05, 3.63) is 12.2 Å². The smallest absolute Gasteiger partial charge is 0.305 e. The van der Waals surface area contributed by atoms with Crippen LogP contribution in [0, 0.1) is 0 Å². The minimum atomic E-state index is -0.662. The van der Waals surface area contributed by atoms with Crippen LogP contribution >= 0.6 is 0 Å². The van der Waals surface area contributed by atoms with Gasteiger partial charge >= 0.3 is 5.97 Å². The largest absolute Gasteiger partial charge is 0.466 e. The Bertz CT molecular complexity index is 878. The number of unbranched alkanes of at least 4 members (excludes halogenated alkanes) is 36. The number of nitrogens with one attached hydrogen (secondary N) is 1. The fraction of sp³-hybridized carbons (Fsp3) is 0.925. The number of esters is 1. The van der Waals surface area contributed by atoms with E-state index in [-0.39, 0.29) is 18.5 Å². The molecule has 0 saturated heterocycles. The van der Waals surface area contributed by atoms with Crippen LogP contribution < -0.4 is 5.32 Å². The molecule has 59 heavy (non-hydrogen) atoms. The molecule has 0 fully saturated rings. The summed E-state index contributed by atoms with van der Waals surface area (Å²) in [6, 6.07) is -0.539. The van der Waals surface area contributed by atoms with Crippen molar-refractivity contribution >= 4 is 11.9 Å². The highest BCUT2D eigenvalue weighted by Crippen LogP contribution is 2.17. The second kappa shape index (κ2) is 49.3. The van der Waals surface area contributed by atoms with Gasteiger partial charge in [0.15, 0.2) is 0 Å². The van der Waals surface area contributed by atoms with Crippen LogP contribution in [0.4, 0.5) is 0 Å². The monoisotopic (exact) mass is 834 g/mol. The van der Waals surface area contributed by atoms with Gasteiger partial charge in [-0.1, -0.05) is 244 Å². The summed E-state index contributed by atoms with van der Waals surface area (Å²) < 4.78 is 5.45. The van der Waals surface area contributed by atoms with Gasteiger partial charge in [-0.2, -0.15) is 0 Å². The third-order valence-corrected chi connectivity index (χ3v) is 12.3. The van der Waals surface area contributed by atoms with Crippen molar-refractivity contribution < 1.29 is 24.5 Å². The molecule has 6 heteroatoms. The van der Waals surface area contributed by atoms with E-state index in [1.54, 1.807) is 0 Å². The first-order chi connectivity index (χ1) is 29.0. The summed E-state index contributed by atoms with van der Waals surface area (Å²) in [6.07, 6.45) is 56.2. The molecule has 3 N–H and O–H groups in total. The number of aliphatic hydroxyl groups excluding tert-OH is 2. The summed E-state index contributed by atoms with van der Waals surface area (Å²) in [7, 11) is 0. The molecule has 6 nitrogen and oxygen atoms in total. The highest BCUT2D eigenvalue weighted by atomic mass is 16.5. The number of allylic oxidation sites excluding steroid dienone is 2. The van der Waals surface area contributed by atoms with Crippen molar-refractivity contribution in [1.29, 1.82) is 0 Å². The molecule has 0 heterocycles. The Labute approximate surface area is 368 Å². The summed E-state index contributed by atoms with van der Waals surface area (Å²) >= 11 is 0. The van der Waals surface area contributed by atoms with Gasteiger partial charge in [0.2, 0.25) is 5.91 Å². The highest BCUT2D eigenvalue weighted by Gasteiger charge is 2.20. The standard InChI is InChI=1S/C53H103NO5/c1-3-5-7-9-11-13-26-31-35-39-43-47-53(58)59-48-44-40-36-32-28-25-23-21-19-17-15-16-18-20-22-24-27-30-34-38-42-46-52(57)54-50(49-55)51(56)45-41-37-33-29-14-12-10-8-6-4-2/h9,11,50-51,55-56H,3-8,10,12-49H2,1-2H3,(H,54,57)/b11-9-. The summed E-state index contributed by atoms with van der Waals surface area (Å²) in [4.78, 5) is 24.4. The van der Waals surface area contributed by atoms with E-state index in [9.17, 15) is 19.8 Å². The molecule has 0 aliphatic carbocycles. The lowest BCUT2D eigenvalue weighted by molar-refractivity contribution is -0.143. The average molecular weight is 834 g/mol. The number of hydrogen-bond donors (Lipinski definition) is 3. The van der Waals surface area contributed by atoms with Crippen LogP contribution in [0.1, 0.15) is 290 Å². The van der Waals surface area contributed by atoms with Crippen molar-refractivity contribution in [3.8, 4) is 0 Å². The molecule has 0 aromatic carbocycles. The van der Waals surface area contributed by atoms with Crippen molar-refractivity contribution in [1.82, 2.24) is 5.32 Å². The predicted octanol–water partition coefficient (Wildman–Crippen LogP) is 15.7. The number of aliphatic hydroxyl groups is 2. The van der Waals surface area contributed by atoms with E-state index in [2.05, 4.69) is 31.3 Å². The van der Waals surface area contributed by atoms with Gasteiger partial charge in [0, 0.05) is 12.8 Å². The van der Waals surface area contributed by atoms with Gasteiger partial charge in [-0.15, -0.1) is 0 Å². The number of ether oxygens (including phenoxy) is 1. The Morgan fingerprint density at radius 1 is 0.458 bits per heavy atom. The SMILES string of the molecule is CCCC/C=C\CCCCCCCC(=O)OCCCCCCCCCCCCCCCCCCCCCCCC(=O)NC(CO)C(O)CCCCCCCCCCCC. The minimum Gasteiger partial charge on any atom is -0.466 e. The van der Waals surface area contributed by atoms with Crippen LogP contribution in [0.25, 0.3) is 0 Å². The zero-order valence-corrected chi connectivity index (χ0v) is 39.7. The molecular weight excluding hydrogens is 731 g/mol. The third-order valence-electron chi connectivity index (χ3n) is 12.3. The second-order valence-corrected chi connectivity index (χ2v) is 18.2. The average Bonchev–Trinajstić information content (AvgIpc) is 3.24. The summed E-state index contributed by atoms with van der Waals surface area (Å²) in [6.45, 7) is 4.90. The van der Waals surface area contributed by atoms with Gasteiger partial charge in [0.25, 0.3) is 0 Å². The molecule has 2 unspecified atom stereocenters. The first-order valence-electron chi connectivity index (χ1n) is 26.4. The number of hydrogen-bond acceptors (Lipinski definition) is 5. The molecule has 0 spiro atoms. The van der Waals surface area contributed by atoms with Crippen LogP contribution in [0.5, 0.6) is 0 Å². The maximum Gasteiger partial charge on any atom is 0.305 e. The summed E-state index contributed by atoms with van der Waals surface area (Å²) in [5.74, 6) is -0.0364. The van der Waals surface area contributed by atoms with Crippen molar-refractivity contribution in [3.63, 3.8) is 0 Å². The predicted molar refractivity (Wildman–Crippen MR) is 255 cm³/mol. The van der Waals surface area contributed by atoms with Crippen LogP contribution in [0.2, 0.25) is 0 Å². The zero-order valence-electron chi connectivity index (χ0n) is 39.7. The fourth-order valence-corrected chi connectivity index (χ4v) is 8.21. The molecule has 0 rings (SSSR count). The van der Waals surface area contributed by atoms with Gasteiger partial charge in [-0.25, -0.2) is 0 Å². The maximum atomic E-state index is 12.4. The minimum absolute atomic E-state index is 0.000830. The third kappa shape index (κ3) is 45.9. The normalized spacial score (nSPS) is 12.7. The number of amides is 1. The lowest BCUT2D eigenvalue weighted by Gasteiger charge is -2.22. The zero-order chi connectivity index (χ0) is 43.0. The molecule has 2 atom stereocenters. The van der Waals surface area contributed by atoms with Crippen molar-refractivity contribution in [2.24, 2.45) is 0 Å². The lowest BCUT2D eigenvalue weighted by atomic mass is 10.0. The van der Waals surface area contributed by atoms with E-state index in [1.807, 2.05) is 0 Å². The molecule has 350 valence electrons. The van der Waals surface area contributed by atoms with Crippen molar-refractivity contribution in [2.45, 2.75) is 302 Å². The molecule has 0 bridgehead atoms. The Kier molecular flexibility index (Phi) is 48.1. The van der Waals surface area contributed by atoms with Gasteiger partial charge in [0.05, 0.1) is 25.4 Å². The maximum absolute atomic E-state index is 12.4. The fourth-order valence-electron chi connectivity index (χ4n) is 8.21. The van der Waals surface area contributed by atoms with E-state index in [0.717, 1.165) is 44.9 Å². The first-order valence-corrected chi connectivity index (χ1v) is 26.4. The molecule has 0 aromatic rings. The lowest BCUT2D eigenvalue weighted by Crippen LogP contribution is -2.45. The van der Waals surface area contributed by atoms with Gasteiger partial charge in [-0.3, -0.25) is 9.59 Å². The van der Waals surface area contributed by atoms with E-state index in [0.29, 0.717) is 25.9 Å². The van der Waals surface area contributed by atoms with Crippen molar-refractivity contribution in [2.75, 3.05) is 13.2 Å². The second-order valence-electron chi connectivity index (χ2n) is 18.2. The van der Waals surface area contributed by atoms with Gasteiger partial charge in [0.1, 0.15) is 0 Å². The van der Waals surface area contributed by atoms with Crippen LogP contribution in [-0.4, -0.2) is 47.4 Å². The van der Waals surface area contributed by atoms with E-state index < -0.39 is 12.1 Å². The van der Waals surface area contributed by atoms with Gasteiger partial charge in [-0.05, 0) is 44.9 Å². The van der Waals surface area contributed by atoms with Crippen LogP contribution in [0.3, 0.4) is 0 Å². The van der Waals surface area contributed by atoms with Crippen LogP contribution in [0.15, 0.2) is 12.2 Å². The number of carbonyl (C=O) groups is 2. The summed E-state index contributed by atoms with van der Waals surface area (Å²) in [5.41, 5.74) is 0. The number of carbonyl (C=O) groups excluding carboxylic acids is 2. The molecule has 0 aromatic heterocycles. The molecule has 1 amide bonds. The molecular formula is C53H103NO5. The van der Waals surface area contributed by atoms with E-state index in [4.69, 9.17) is 4.74 Å². The number of rotatable bonds is 49. The summed E-state index contributed by atoms with van der Waals surface area (Å²) in [5, 5.41) is 23.1. The Morgan fingerprint density at radius 3 is 1.25 bits per heavy atom. The Morgan fingerprint density at radius 2 is 0.814 bits per heavy atom. The topological polar surface area (TPSA) is 95.9 Å². The molecule has 0 aliphatic heterocycles. The molecule has 0 saturated carbocycles.